The molecule has 2 aromatic rings. The molecule has 1 fully saturated rings. The standard InChI is InChI=1S/C17H20N2O4/c1-11-4-5-12-13(17(21)18(2)3)9-15(20)19(14(12)8-11)10-16-22-6-7-23-16/h4-5,8-9,16H,6-7,10H2,1-3H3. The molecule has 0 saturated carbocycles. The Labute approximate surface area is 134 Å². The topological polar surface area (TPSA) is 60.8 Å². The predicted octanol–water partition coefficient (Wildman–Crippen LogP) is 1.38. The minimum absolute atomic E-state index is 0.184. The first-order valence-corrected chi connectivity index (χ1v) is 7.56. The summed E-state index contributed by atoms with van der Waals surface area (Å²) < 4.78 is 12.5. The van der Waals surface area contributed by atoms with E-state index in [-0.39, 0.29) is 11.5 Å². The van der Waals surface area contributed by atoms with E-state index in [2.05, 4.69) is 0 Å². The van der Waals surface area contributed by atoms with Crippen molar-refractivity contribution in [1.82, 2.24) is 9.47 Å². The Morgan fingerprint density at radius 3 is 2.61 bits per heavy atom. The third kappa shape index (κ3) is 3.00. The second-order valence-corrected chi connectivity index (χ2v) is 5.90. The van der Waals surface area contributed by atoms with Crippen molar-refractivity contribution < 1.29 is 14.3 Å². The van der Waals surface area contributed by atoms with E-state index >= 15 is 0 Å². The molecule has 6 nitrogen and oxygen atoms in total. The zero-order valence-electron chi connectivity index (χ0n) is 13.5. The number of hydrogen-bond acceptors (Lipinski definition) is 4. The molecule has 0 bridgehead atoms. The molecule has 1 aliphatic rings. The van der Waals surface area contributed by atoms with Crippen LogP contribution in [0, 0.1) is 6.92 Å². The van der Waals surface area contributed by atoms with Crippen LogP contribution in [-0.4, -0.2) is 49.0 Å². The fraction of sp³-hybridized carbons (Fsp3) is 0.412. The normalized spacial score (nSPS) is 15.3. The molecule has 23 heavy (non-hydrogen) atoms. The molecule has 1 amide bonds. The van der Waals surface area contributed by atoms with Crippen LogP contribution in [-0.2, 0) is 16.0 Å². The number of carbonyl (C=O) groups excluding carboxylic acids is 1. The molecule has 1 aromatic heterocycles. The predicted molar refractivity (Wildman–Crippen MR) is 86.7 cm³/mol. The Morgan fingerprint density at radius 1 is 1.26 bits per heavy atom. The largest absolute Gasteiger partial charge is 0.348 e. The first-order valence-electron chi connectivity index (χ1n) is 7.56. The molecular weight excluding hydrogens is 296 g/mol. The van der Waals surface area contributed by atoms with Crippen molar-refractivity contribution in [2.45, 2.75) is 19.8 Å². The minimum atomic E-state index is -0.424. The van der Waals surface area contributed by atoms with E-state index in [1.54, 1.807) is 18.7 Å². The lowest BCUT2D eigenvalue weighted by Crippen LogP contribution is -2.30. The van der Waals surface area contributed by atoms with Gasteiger partial charge in [0.1, 0.15) is 0 Å². The van der Waals surface area contributed by atoms with Crippen molar-refractivity contribution in [2.75, 3.05) is 27.3 Å². The number of hydrogen-bond donors (Lipinski definition) is 0. The number of carbonyl (C=O) groups is 1. The minimum Gasteiger partial charge on any atom is -0.348 e. The van der Waals surface area contributed by atoms with Crippen molar-refractivity contribution in [3.8, 4) is 0 Å². The van der Waals surface area contributed by atoms with Gasteiger partial charge < -0.3 is 18.9 Å². The Kier molecular flexibility index (Phi) is 4.19. The van der Waals surface area contributed by atoms with Crippen LogP contribution in [0.1, 0.15) is 15.9 Å². The second kappa shape index (κ2) is 6.14. The molecule has 1 saturated heterocycles. The van der Waals surface area contributed by atoms with Gasteiger partial charge in [-0.15, -0.1) is 0 Å². The molecule has 6 heteroatoms. The first kappa shape index (κ1) is 15.7. The summed E-state index contributed by atoms with van der Waals surface area (Å²) in [4.78, 5) is 26.4. The smallest absolute Gasteiger partial charge is 0.254 e. The summed E-state index contributed by atoms with van der Waals surface area (Å²) in [6, 6.07) is 7.13. The summed E-state index contributed by atoms with van der Waals surface area (Å²) in [6.07, 6.45) is -0.424. The van der Waals surface area contributed by atoms with Gasteiger partial charge in [0.15, 0.2) is 6.29 Å². The SMILES string of the molecule is Cc1ccc2c(C(=O)N(C)C)cc(=O)n(CC3OCCO3)c2c1. The van der Waals surface area contributed by atoms with E-state index in [0.717, 1.165) is 16.5 Å². The Morgan fingerprint density at radius 2 is 1.96 bits per heavy atom. The van der Waals surface area contributed by atoms with Crippen LogP contribution in [0.2, 0.25) is 0 Å². The highest BCUT2D eigenvalue weighted by Crippen LogP contribution is 2.21. The van der Waals surface area contributed by atoms with Gasteiger partial charge in [-0.25, -0.2) is 0 Å². The van der Waals surface area contributed by atoms with Gasteiger partial charge in [-0.05, 0) is 18.6 Å². The van der Waals surface area contributed by atoms with E-state index in [4.69, 9.17) is 9.47 Å². The van der Waals surface area contributed by atoms with Crippen LogP contribution in [0.5, 0.6) is 0 Å². The Balaban J connectivity index is 2.18. The number of aryl methyl sites for hydroxylation is 1. The molecule has 0 atom stereocenters. The Bertz CT molecular complexity index is 804. The number of fused-ring (bicyclic) bond motifs is 1. The summed E-state index contributed by atoms with van der Waals surface area (Å²) in [5.74, 6) is -0.184. The van der Waals surface area contributed by atoms with Crippen LogP contribution in [0.4, 0.5) is 0 Å². The molecule has 0 radical (unpaired) electrons. The summed E-state index contributed by atoms with van der Waals surface area (Å²) >= 11 is 0. The molecule has 3 rings (SSSR count). The maximum absolute atomic E-state index is 12.6. The average Bonchev–Trinajstić information content (AvgIpc) is 3.02. The molecule has 0 unspecified atom stereocenters. The lowest BCUT2D eigenvalue weighted by Gasteiger charge is -2.18. The summed E-state index contributed by atoms with van der Waals surface area (Å²) in [5.41, 5.74) is 1.93. The fourth-order valence-corrected chi connectivity index (χ4v) is 2.76. The first-order chi connectivity index (χ1) is 11.0. The quantitative estimate of drug-likeness (QED) is 0.858. The van der Waals surface area contributed by atoms with E-state index in [1.165, 1.54) is 11.0 Å². The maximum atomic E-state index is 12.6. The number of rotatable bonds is 3. The molecule has 0 aliphatic carbocycles. The molecular formula is C17H20N2O4. The second-order valence-electron chi connectivity index (χ2n) is 5.90. The highest BCUT2D eigenvalue weighted by atomic mass is 16.7. The van der Waals surface area contributed by atoms with Crippen molar-refractivity contribution in [1.29, 1.82) is 0 Å². The zero-order chi connectivity index (χ0) is 16.6. The molecule has 1 aromatic carbocycles. The average molecular weight is 316 g/mol. The van der Waals surface area contributed by atoms with Gasteiger partial charge in [0.25, 0.3) is 11.5 Å². The van der Waals surface area contributed by atoms with Gasteiger partial charge in [-0.2, -0.15) is 0 Å². The third-order valence-corrected chi connectivity index (χ3v) is 3.93. The van der Waals surface area contributed by atoms with Crippen LogP contribution in [0.15, 0.2) is 29.1 Å². The number of benzene rings is 1. The van der Waals surface area contributed by atoms with Crippen molar-refractivity contribution in [2.24, 2.45) is 0 Å². The molecule has 2 heterocycles. The van der Waals surface area contributed by atoms with E-state index < -0.39 is 6.29 Å². The van der Waals surface area contributed by atoms with E-state index in [0.29, 0.717) is 25.3 Å². The van der Waals surface area contributed by atoms with Crippen molar-refractivity contribution >= 4 is 16.8 Å². The molecule has 0 spiro atoms. The number of nitrogens with zero attached hydrogens (tertiary/aromatic N) is 2. The summed E-state index contributed by atoms with van der Waals surface area (Å²) in [6.45, 7) is 3.34. The van der Waals surface area contributed by atoms with Gasteiger partial charge in [-0.1, -0.05) is 12.1 Å². The zero-order valence-corrected chi connectivity index (χ0v) is 13.5. The van der Waals surface area contributed by atoms with Gasteiger partial charge in [0.05, 0.1) is 30.8 Å². The van der Waals surface area contributed by atoms with Gasteiger partial charge in [-0.3, -0.25) is 9.59 Å². The molecule has 1 aliphatic heterocycles. The highest BCUT2D eigenvalue weighted by Gasteiger charge is 2.21. The van der Waals surface area contributed by atoms with Gasteiger partial charge in [0, 0.05) is 25.5 Å². The van der Waals surface area contributed by atoms with Crippen LogP contribution >= 0.6 is 0 Å². The summed E-state index contributed by atoms with van der Waals surface area (Å²) in [7, 11) is 3.35. The summed E-state index contributed by atoms with van der Waals surface area (Å²) in [5, 5.41) is 0.756. The lowest BCUT2D eigenvalue weighted by atomic mass is 10.1. The highest BCUT2D eigenvalue weighted by molar-refractivity contribution is 6.06. The maximum Gasteiger partial charge on any atom is 0.254 e. The van der Waals surface area contributed by atoms with Crippen LogP contribution < -0.4 is 5.56 Å². The molecule has 0 N–H and O–H groups in total. The Hall–Kier alpha value is -2.18. The van der Waals surface area contributed by atoms with E-state index in [1.807, 2.05) is 25.1 Å². The number of pyridine rings is 1. The fourth-order valence-electron chi connectivity index (χ4n) is 2.76. The number of amides is 1. The molecule has 122 valence electrons. The van der Waals surface area contributed by atoms with Crippen LogP contribution in [0.3, 0.4) is 0 Å². The monoisotopic (exact) mass is 316 g/mol. The lowest BCUT2D eigenvalue weighted by molar-refractivity contribution is -0.0522. The number of ether oxygens (including phenoxy) is 2. The van der Waals surface area contributed by atoms with Crippen molar-refractivity contribution in [3.05, 3.63) is 45.7 Å². The van der Waals surface area contributed by atoms with Crippen molar-refractivity contribution in [3.63, 3.8) is 0 Å². The third-order valence-electron chi connectivity index (χ3n) is 3.93. The van der Waals surface area contributed by atoms with E-state index in [9.17, 15) is 9.59 Å². The number of aromatic nitrogens is 1. The van der Waals surface area contributed by atoms with Gasteiger partial charge >= 0.3 is 0 Å². The van der Waals surface area contributed by atoms with Crippen LogP contribution in [0.25, 0.3) is 10.9 Å². The van der Waals surface area contributed by atoms with Gasteiger partial charge in [0.2, 0.25) is 0 Å².